The third-order valence-electron chi connectivity index (χ3n) is 5.47. The highest BCUT2D eigenvalue weighted by molar-refractivity contribution is 5.93. The third kappa shape index (κ3) is 3.19. The van der Waals surface area contributed by atoms with E-state index in [1.54, 1.807) is 6.07 Å². The number of amides is 1. The number of aliphatic hydroxyl groups excluding tert-OH is 1. The summed E-state index contributed by atoms with van der Waals surface area (Å²) in [6.45, 7) is 1.76. The van der Waals surface area contributed by atoms with Crippen LogP contribution in [0.3, 0.4) is 0 Å². The van der Waals surface area contributed by atoms with Crippen LogP contribution < -0.4 is 4.90 Å². The number of carbonyl (C=O) groups is 1. The molecule has 1 aromatic carbocycles. The standard InChI is InChI=1S/C21H25N3O2/c25-15-12-17-7-3-4-13-23(17)21(26)18-8-5-10-20(22-18)24-14-11-16-6-1-2-9-19(16)24/h1-2,5-6,8-10,17,25H,3-4,7,11-15H2. The van der Waals surface area contributed by atoms with Crippen molar-refractivity contribution in [2.45, 2.75) is 38.1 Å². The number of anilines is 2. The van der Waals surface area contributed by atoms with Crippen LogP contribution in [0.2, 0.25) is 0 Å². The first-order chi connectivity index (χ1) is 12.8. The fourth-order valence-corrected chi connectivity index (χ4v) is 4.13. The fourth-order valence-electron chi connectivity index (χ4n) is 4.13. The van der Waals surface area contributed by atoms with Gasteiger partial charge in [0.15, 0.2) is 0 Å². The molecule has 1 saturated heterocycles. The summed E-state index contributed by atoms with van der Waals surface area (Å²) in [7, 11) is 0. The Morgan fingerprint density at radius 1 is 1.12 bits per heavy atom. The van der Waals surface area contributed by atoms with Crippen molar-refractivity contribution in [2.75, 3.05) is 24.6 Å². The van der Waals surface area contributed by atoms with Crippen molar-refractivity contribution in [3.63, 3.8) is 0 Å². The summed E-state index contributed by atoms with van der Waals surface area (Å²) in [4.78, 5) is 21.9. The van der Waals surface area contributed by atoms with E-state index in [1.807, 2.05) is 23.1 Å². The van der Waals surface area contributed by atoms with Crippen LogP contribution in [0, 0.1) is 0 Å². The highest BCUT2D eigenvalue weighted by Gasteiger charge is 2.28. The highest BCUT2D eigenvalue weighted by atomic mass is 16.3. The number of benzene rings is 1. The van der Waals surface area contributed by atoms with Crippen molar-refractivity contribution in [1.29, 1.82) is 0 Å². The van der Waals surface area contributed by atoms with E-state index in [4.69, 9.17) is 4.98 Å². The molecule has 0 aliphatic carbocycles. The number of likely N-dealkylation sites (tertiary alicyclic amines) is 1. The number of fused-ring (bicyclic) bond motifs is 1. The summed E-state index contributed by atoms with van der Waals surface area (Å²) < 4.78 is 0. The van der Waals surface area contributed by atoms with E-state index in [0.717, 1.165) is 44.6 Å². The van der Waals surface area contributed by atoms with E-state index in [2.05, 4.69) is 23.1 Å². The molecule has 3 heterocycles. The Balaban J connectivity index is 1.59. The Labute approximate surface area is 154 Å². The molecule has 1 aromatic heterocycles. The molecule has 1 unspecified atom stereocenters. The van der Waals surface area contributed by atoms with Gasteiger partial charge in [0, 0.05) is 31.4 Å². The Morgan fingerprint density at radius 2 is 2.00 bits per heavy atom. The van der Waals surface area contributed by atoms with Crippen LogP contribution in [0.25, 0.3) is 0 Å². The summed E-state index contributed by atoms with van der Waals surface area (Å²) in [6, 6.07) is 14.2. The van der Waals surface area contributed by atoms with Crippen LogP contribution >= 0.6 is 0 Å². The lowest BCUT2D eigenvalue weighted by molar-refractivity contribution is 0.0569. The number of carbonyl (C=O) groups excluding carboxylic acids is 1. The largest absolute Gasteiger partial charge is 0.396 e. The Morgan fingerprint density at radius 3 is 2.88 bits per heavy atom. The van der Waals surface area contributed by atoms with Crippen LogP contribution in [0.1, 0.15) is 41.7 Å². The quantitative estimate of drug-likeness (QED) is 0.919. The van der Waals surface area contributed by atoms with Gasteiger partial charge in [-0.15, -0.1) is 0 Å². The number of piperidine rings is 1. The van der Waals surface area contributed by atoms with E-state index in [9.17, 15) is 9.90 Å². The maximum absolute atomic E-state index is 13.1. The second-order valence-corrected chi connectivity index (χ2v) is 7.07. The van der Waals surface area contributed by atoms with Gasteiger partial charge in [-0.25, -0.2) is 4.98 Å². The van der Waals surface area contributed by atoms with Crippen molar-refractivity contribution in [2.24, 2.45) is 0 Å². The topological polar surface area (TPSA) is 56.7 Å². The van der Waals surface area contributed by atoms with Gasteiger partial charge in [-0.1, -0.05) is 24.3 Å². The number of para-hydroxylation sites is 1. The van der Waals surface area contributed by atoms with Gasteiger partial charge in [0.2, 0.25) is 0 Å². The van der Waals surface area contributed by atoms with Crippen LogP contribution in [-0.4, -0.2) is 46.6 Å². The Hall–Kier alpha value is -2.40. The lowest BCUT2D eigenvalue weighted by Gasteiger charge is -2.35. The second-order valence-electron chi connectivity index (χ2n) is 7.07. The van der Waals surface area contributed by atoms with E-state index in [0.29, 0.717) is 12.1 Å². The van der Waals surface area contributed by atoms with Gasteiger partial charge >= 0.3 is 0 Å². The summed E-state index contributed by atoms with van der Waals surface area (Å²) in [5.74, 6) is 0.814. The number of hydrogen-bond donors (Lipinski definition) is 1. The zero-order chi connectivity index (χ0) is 17.9. The number of pyridine rings is 1. The molecule has 5 nitrogen and oxygen atoms in total. The third-order valence-corrected chi connectivity index (χ3v) is 5.47. The molecule has 5 heteroatoms. The van der Waals surface area contributed by atoms with Gasteiger partial charge in [-0.2, -0.15) is 0 Å². The molecule has 1 N–H and O–H groups in total. The number of hydrogen-bond acceptors (Lipinski definition) is 4. The highest BCUT2D eigenvalue weighted by Crippen LogP contribution is 2.33. The molecule has 0 saturated carbocycles. The molecule has 26 heavy (non-hydrogen) atoms. The number of aromatic nitrogens is 1. The number of rotatable bonds is 4. The van der Waals surface area contributed by atoms with Crippen molar-refractivity contribution >= 4 is 17.4 Å². The average molecular weight is 351 g/mol. The minimum absolute atomic E-state index is 0.0162. The average Bonchev–Trinajstić information content (AvgIpc) is 3.12. The van der Waals surface area contributed by atoms with Gasteiger partial charge < -0.3 is 14.9 Å². The first-order valence-corrected chi connectivity index (χ1v) is 9.52. The first-order valence-electron chi connectivity index (χ1n) is 9.52. The minimum atomic E-state index is -0.0162. The molecule has 1 fully saturated rings. The lowest BCUT2D eigenvalue weighted by Crippen LogP contribution is -2.44. The molecular formula is C21H25N3O2. The molecule has 1 atom stereocenters. The lowest BCUT2D eigenvalue weighted by atomic mass is 9.99. The van der Waals surface area contributed by atoms with E-state index in [-0.39, 0.29) is 18.6 Å². The summed E-state index contributed by atoms with van der Waals surface area (Å²) in [6.07, 6.45) is 4.75. The van der Waals surface area contributed by atoms with E-state index >= 15 is 0 Å². The monoisotopic (exact) mass is 351 g/mol. The molecule has 2 aliphatic heterocycles. The summed E-state index contributed by atoms with van der Waals surface area (Å²) in [5, 5.41) is 9.31. The van der Waals surface area contributed by atoms with Crippen molar-refractivity contribution in [1.82, 2.24) is 9.88 Å². The summed E-state index contributed by atoms with van der Waals surface area (Å²) in [5.41, 5.74) is 3.00. The van der Waals surface area contributed by atoms with E-state index < -0.39 is 0 Å². The fraction of sp³-hybridized carbons (Fsp3) is 0.429. The molecule has 1 amide bonds. The van der Waals surface area contributed by atoms with Crippen LogP contribution in [0.4, 0.5) is 11.5 Å². The molecule has 0 spiro atoms. The smallest absolute Gasteiger partial charge is 0.272 e. The van der Waals surface area contributed by atoms with Crippen molar-refractivity contribution in [3.05, 3.63) is 53.7 Å². The Bertz CT molecular complexity index is 790. The van der Waals surface area contributed by atoms with Gasteiger partial charge in [-0.05, 0) is 55.9 Å². The zero-order valence-corrected chi connectivity index (χ0v) is 15.0. The molecule has 2 aromatic rings. The van der Waals surface area contributed by atoms with Crippen LogP contribution in [-0.2, 0) is 6.42 Å². The molecular weight excluding hydrogens is 326 g/mol. The predicted octanol–water partition coefficient (Wildman–Crippen LogP) is 3.15. The maximum atomic E-state index is 13.1. The van der Waals surface area contributed by atoms with Gasteiger partial charge in [-0.3, -0.25) is 4.79 Å². The van der Waals surface area contributed by atoms with Crippen molar-refractivity contribution < 1.29 is 9.90 Å². The molecule has 4 rings (SSSR count). The predicted molar refractivity (Wildman–Crippen MR) is 102 cm³/mol. The van der Waals surface area contributed by atoms with Crippen LogP contribution in [0.15, 0.2) is 42.5 Å². The Kier molecular flexibility index (Phi) is 4.89. The minimum Gasteiger partial charge on any atom is -0.396 e. The molecule has 136 valence electrons. The first kappa shape index (κ1) is 17.0. The number of nitrogens with zero attached hydrogens (tertiary/aromatic N) is 3. The molecule has 2 aliphatic rings. The second kappa shape index (κ2) is 7.46. The van der Waals surface area contributed by atoms with Crippen molar-refractivity contribution in [3.8, 4) is 0 Å². The zero-order valence-electron chi connectivity index (χ0n) is 15.0. The summed E-state index contributed by atoms with van der Waals surface area (Å²) >= 11 is 0. The SMILES string of the molecule is O=C(c1cccc(N2CCc3ccccc32)n1)N1CCCCC1CCO. The van der Waals surface area contributed by atoms with Gasteiger partial charge in [0.05, 0.1) is 0 Å². The normalized spacial score (nSPS) is 19.5. The number of aliphatic hydroxyl groups is 1. The maximum Gasteiger partial charge on any atom is 0.272 e. The van der Waals surface area contributed by atoms with Gasteiger partial charge in [0.25, 0.3) is 5.91 Å². The van der Waals surface area contributed by atoms with Crippen LogP contribution in [0.5, 0.6) is 0 Å². The molecule has 0 bridgehead atoms. The van der Waals surface area contributed by atoms with Gasteiger partial charge in [0.1, 0.15) is 11.5 Å². The molecule has 0 radical (unpaired) electrons. The van der Waals surface area contributed by atoms with E-state index in [1.165, 1.54) is 11.3 Å².